The van der Waals surface area contributed by atoms with Crippen LogP contribution >= 0.6 is 0 Å². The van der Waals surface area contributed by atoms with E-state index in [-0.39, 0.29) is 6.09 Å². The molecule has 3 nitrogen and oxygen atoms in total. The summed E-state index contributed by atoms with van der Waals surface area (Å²) in [4.78, 5) is 10.8. The molecule has 71 valence electrons. The van der Waals surface area contributed by atoms with Crippen LogP contribution in [0, 0.1) is 6.61 Å². The molecule has 0 unspecified atom stereocenters. The molecule has 0 aromatic carbocycles. The summed E-state index contributed by atoms with van der Waals surface area (Å²) in [5.41, 5.74) is 0. The molecule has 0 atom stereocenters. The molecule has 0 aliphatic heterocycles. The van der Waals surface area contributed by atoms with Crippen molar-refractivity contribution in [1.82, 2.24) is 5.32 Å². The van der Waals surface area contributed by atoms with E-state index in [4.69, 9.17) is 4.74 Å². The van der Waals surface area contributed by atoms with Gasteiger partial charge in [-0.2, -0.15) is 0 Å². The smallest absolute Gasteiger partial charge is 0.407 e. The minimum Gasteiger partial charge on any atom is -0.442 e. The molecule has 0 saturated carbocycles. The van der Waals surface area contributed by atoms with E-state index in [1.54, 1.807) is 6.61 Å². The normalized spacial score (nSPS) is 9.50. The summed E-state index contributed by atoms with van der Waals surface area (Å²) in [6.45, 7) is 6.36. The Hall–Kier alpha value is -0.730. The standard InChI is InChI=1S/C9H18NO2/c1-3-5-7-10-9(11)12-8-6-4-2/h8H,3-7H2,1-2H3,(H,10,11). The number of ether oxygens (including phenoxy) is 1. The van der Waals surface area contributed by atoms with Crippen molar-refractivity contribution in [2.75, 3.05) is 6.54 Å². The maximum absolute atomic E-state index is 10.8. The highest BCUT2D eigenvalue weighted by Crippen LogP contribution is 1.94. The quantitative estimate of drug-likeness (QED) is 0.625. The van der Waals surface area contributed by atoms with Gasteiger partial charge in [-0.25, -0.2) is 4.79 Å². The first-order valence-electron chi connectivity index (χ1n) is 4.57. The Morgan fingerprint density at radius 1 is 1.42 bits per heavy atom. The highest BCUT2D eigenvalue weighted by atomic mass is 16.5. The Morgan fingerprint density at radius 3 is 2.75 bits per heavy atom. The van der Waals surface area contributed by atoms with Gasteiger partial charge in [-0.15, -0.1) is 0 Å². The van der Waals surface area contributed by atoms with E-state index >= 15 is 0 Å². The molecular weight excluding hydrogens is 154 g/mol. The van der Waals surface area contributed by atoms with Gasteiger partial charge in [0.05, 0.1) is 0 Å². The van der Waals surface area contributed by atoms with Gasteiger partial charge in [0.15, 0.2) is 0 Å². The van der Waals surface area contributed by atoms with E-state index in [0.29, 0.717) is 6.54 Å². The summed E-state index contributed by atoms with van der Waals surface area (Å²) < 4.78 is 4.75. The second-order valence-electron chi connectivity index (χ2n) is 2.64. The van der Waals surface area contributed by atoms with Crippen molar-refractivity contribution >= 4 is 6.09 Å². The molecule has 0 fully saturated rings. The van der Waals surface area contributed by atoms with Gasteiger partial charge in [0, 0.05) is 6.54 Å². The lowest BCUT2D eigenvalue weighted by Crippen LogP contribution is -2.24. The zero-order valence-corrected chi connectivity index (χ0v) is 7.93. The second-order valence-corrected chi connectivity index (χ2v) is 2.64. The van der Waals surface area contributed by atoms with E-state index < -0.39 is 0 Å². The van der Waals surface area contributed by atoms with Crippen LogP contribution in [0.2, 0.25) is 0 Å². The summed E-state index contributed by atoms with van der Waals surface area (Å²) in [6, 6.07) is 0. The fourth-order valence-corrected chi connectivity index (χ4v) is 0.661. The Morgan fingerprint density at radius 2 is 2.17 bits per heavy atom. The largest absolute Gasteiger partial charge is 0.442 e. The van der Waals surface area contributed by atoms with Crippen molar-refractivity contribution < 1.29 is 9.53 Å². The number of carbonyl (C=O) groups is 1. The molecule has 1 N–H and O–H groups in total. The fourth-order valence-electron chi connectivity index (χ4n) is 0.661. The maximum Gasteiger partial charge on any atom is 0.407 e. The van der Waals surface area contributed by atoms with E-state index in [1.165, 1.54) is 0 Å². The number of hydrogen-bond donors (Lipinski definition) is 1. The minimum atomic E-state index is -0.336. The van der Waals surface area contributed by atoms with Gasteiger partial charge in [0.25, 0.3) is 0 Å². The van der Waals surface area contributed by atoms with Gasteiger partial charge in [0.1, 0.15) is 6.61 Å². The van der Waals surface area contributed by atoms with Crippen LogP contribution in [0.4, 0.5) is 4.79 Å². The predicted octanol–water partition coefficient (Wildman–Crippen LogP) is 2.47. The monoisotopic (exact) mass is 172 g/mol. The second kappa shape index (κ2) is 8.37. The third-order valence-corrected chi connectivity index (χ3v) is 1.40. The van der Waals surface area contributed by atoms with Crippen molar-refractivity contribution in [3.63, 3.8) is 0 Å². The van der Waals surface area contributed by atoms with E-state index in [1.807, 2.05) is 6.92 Å². The summed E-state index contributed by atoms with van der Waals surface area (Å²) in [5, 5.41) is 2.65. The number of unbranched alkanes of at least 4 members (excludes halogenated alkanes) is 2. The molecule has 0 aromatic rings. The van der Waals surface area contributed by atoms with Gasteiger partial charge in [-0.05, 0) is 12.8 Å². The third-order valence-electron chi connectivity index (χ3n) is 1.40. The molecular formula is C9H18NO2. The van der Waals surface area contributed by atoms with Gasteiger partial charge in [-0.3, -0.25) is 0 Å². The van der Waals surface area contributed by atoms with Gasteiger partial charge < -0.3 is 10.1 Å². The Labute approximate surface area is 74.5 Å². The minimum absolute atomic E-state index is 0.336. The number of amides is 1. The Balaban J connectivity index is 3.10. The van der Waals surface area contributed by atoms with Crippen molar-refractivity contribution in [3.05, 3.63) is 6.61 Å². The number of carbonyl (C=O) groups excluding carboxylic acids is 1. The molecule has 0 rings (SSSR count). The zero-order chi connectivity index (χ0) is 9.23. The average Bonchev–Trinajstić information content (AvgIpc) is 2.06. The molecule has 0 aliphatic rings. The molecule has 12 heavy (non-hydrogen) atoms. The third kappa shape index (κ3) is 7.38. The lowest BCUT2D eigenvalue weighted by Gasteiger charge is -2.04. The molecule has 1 amide bonds. The molecule has 0 spiro atoms. The van der Waals surface area contributed by atoms with Gasteiger partial charge in [0.2, 0.25) is 0 Å². The molecule has 1 radical (unpaired) electrons. The van der Waals surface area contributed by atoms with Crippen molar-refractivity contribution in [1.29, 1.82) is 0 Å². The molecule has 0 saturated heterocycles. The molecule has 0 bridgehead atoms. The van der Waals surface area contributed by atoms with Crippen LogP contribution in [-0.4, -0.2) is 12.6 Å². The van der Waals surface area contributed by atoms with Crippen LogP contribution < -0.4 is 5.32 Å². The van der Waals surface area contributed by atoms with Crippen LogP contribution in [0.1, 0.15) is 39.5 Å². The van der Waals surface area contributed by atoms with Crippen molar-refractivity contribution in [2.24, 2.45) is 0 Å². The molecule has 3 heteroatoms. The maximum atomic E-state index is 10.8. The van der Waals surface area contributed by atoms with E-state index in [9.17, 15) is 4.79 Å². The summed E-state index contributed by atoms with van der Waals surface area (Å²) >= 11 is 0. The first kappa shape index (κ1) is 11.3. The lowest BCUT2D eigenvalue weighted by atomic mass is 10.3. The summed E-state index contributed by atoms with van der Waals surface area (Å²) in [7, 11) is 0. The first-order chi connectivity index (χ1) is 5.81. The molecule has 0 aliphatic carbocycles. The summed E-state index contributed by atoms with van der Waals surface area (Å²) in [5.74, 6) is 0. The summed E-state index contributed by atoms with van der Waals surface area (Å²) in [6.07, 6.45) is 3.57. The van der Waals surface area contributed by atoms with E-state index in [2.05, 4.69) is 12.2 Å². The highest BCUT2D eigenvalue weighted by Gasteiger charge is 1.98. The van der Waals surface area contributed by atoms with Crippen LogP contribution in [0.3, 0.4) is 0 Å². The van der Waals surface area contributed by atoms with Crippen molar-refractivity contribution in [2.45, 2.75) is 39.5 Å². The van der Waals surface area contributed by atoms with Gasteiger partial charge >= 0.3 is 6.09 Å². The number of rotatable bonds is 6. The van der Waals surface area contributed by atoms with E-state index in [0.717, 1.165) is 25.7 Å². The molecule has 0 heterocycles. The number of nitrogens with one attached hydrogen (secondary N) is 1. The van der Waals surface area contributed by atoms with Crippen LogP contribution in [-0.2, 0) is 4.74 Å². The lowest BCUT2D eigenvalue weighted by molar-refractivity contribution is 0.169. The fraction of sp³-hybridized carbons (Fsp3) is 0.778. The Kier molecular flexibility index (Phi) is 7.86. The van der Waals surface area contributed by atoms with Crippen LogP contribution in [0.25, 0.3) is 0 Å². The predicted molar refractivity (Wildman–Crippen MR) is 48.6 cm³/mol. The van der Waals surface area contributed by atoms with Crippen molar-refractivity contribution in [3.8, 4) is 0 Å². The first-order valence-corrected chi connectivity index (χ1v) is 4.57. The average molecular weight is 172 g/mol. The highest BCUT2D eigenvalue weighted by molar-refractivity contribution is 5.67. The van der Waals surface area contributed by atoms with Crippen LogP contribution in [0.15, 0.2) is 0 Å². The van der Waals surface area contributed by atoms with Gasteiger partial charge in [-0.1, -0.05) is 26.7 Å². The number of hydrogen-bond acceptors (Lipinski definition) is 2. The van der Waals surface area contributed by atoms with Crippen LogP contribution in [0.5, 0.6) is 0 Å². The topological polar surface area (TPSA) is 38.3 Å². The molecule has 0 aromatic heterocycles. The zero-order valence-electron chi connectivity index (χ0n) is 7.93. The number of alkyl carbamates (subject to hydrolysis) is 1. The SMILES string of the molecule is CCC[CH]OC(=O)NCCCC. The Bertz CT molecular complexity index is 103.